The molecule has 2 heteroatoms. The minimum absolute atomic E-state index is 1.18. The van der Waals surface area contributed by atoms with Crippen molar-refractivity contribution in [2.24, 2.45) is 0 Å². The van der Waals surface area contributed by atoms with Crippen LogP contribution in [0.2, 0.25) is 0 Å². The summed E-state index contributed by atoms with van der Waals surface area (Å²) in [7, 11) is 0. The molecule has 2 nitrogen and oxygen atoms in total. The van der Waals surface area contributed by atoms with Crippen LogP contribution in [0.25, 0.3) is 0 Å². The standard InChI is InChI=1S/C31H61N2/c1-4-7-9-11-13-14-15-16-17-18-19-20-21-22-24-26-31-32(27-6-3)29-30-33(31)28-25-23-12-10-8-5-2/h29-30H,4-28H2,1-3H3/q+1. The Hall–Kier alpha value is -0.790. The maximum Gasteiger partial charge on any atom is 0.256 e. The summed E-state index contributed by atoms with van der Waals surface area (Å²) in [5.74, 6) is 1.58. The summed E-state index contributed by atoms with van der Waals surface area (Å²) in [5.41, 5.74) is 0. The fourth-order valence-electron chi connectivity index (χ4n) is 5.15. The molecule has 1 aromatic rings. The van der Waals surface area contributed by atoms with Crippen molar-refractivity contribution in [1.82, 2.24) is 4.57 Å². The lowest BCUT2D eigenvalue weighted by molar-refractivity contribution is -0.703. The van der Waals surface area contributed by atoms with E-state index in [1.54, 1.807) is 5.82 Å². The topological polar surface area (TPSA) is 8.81 Å². The second-order valence-electron chi connectivity index (χ2n) is 10.6. The zero-order valence-corrected chi connectivity index (χ0v) is 23.2. The van der Waals surface area contributed by atoms with Crippen LogP contribution in [0.15, 0.2) is 12.4 Å². The number of aryl methyl sites for hydroxylation is 2. The molecule has 0 saturated carbocycles. The zero-order valence-electron chi connectivity index (χ0n) is 23.2. The van der Waals surface area contributed by atoms with Gasteiger partial charge in [-0.2, -0.15) is 0 Å². The van der Waals surface area contributed by atoms with Gasteiger partial charge in [-0.15, -0.1) is 0 Å². The molecule has 0 bridgehead atoms. The highest BCUT2D eigenvalue weighted by Crippen LogP contribution is 2.14. The molecule has 1 rings (SSSR count). The first-order chi connectivity index (χ1) is 16.3. The van der Waals surface area contributed by atoms with E-state index in [9.17, 15) is 0 Å². The highest BCUT2D eigenvalue weighted by molar-refractivity contribution is 4.84. The van der Waals surface area contributed by atoms with E-state index in [4.69, 9.17) is 0 Å². The SMILES string of the molecule is CCCCCCCCCCCCCCCCCc1n(CCCCCCCC)cc[n+]1CCC. The molecule has 0 aromatic carbocycles. The molecule has 0 aliphatic heterocycles. The molecule has 1 heterocycles. The Morgan fingerprint density at radius 1 is 0.515 bits per heavy atom. The van der Waals surface area contributed by atoms with Crippen molar-refractivity contribution in [2.75, 3.05) is 0 Å². The van der Waals surface area contributed by atoms with E-state index in [-0.39, 0.29) is 0 Å². The number of imidazole rings is 1. The monoisotopic (exact) mass is 461 g/mol. The Bertz CT molecular complexity index is 519. The summed E-state index contributed by atoms with van der Waals surface area (Å²) in [6.07, 6.45) is 37.2. The molecule has 0 N–H and O–H groups in total. The molecule has 0 saturated heterocycles. The van der Waals surface area contributed by atoms with Crippen molar-refractivity contribution in [3.63, 3.8) is 0 Å². The Balaban J connectivity index is 2.07. The lowest BCUT2D eigenvalue weighted by Crippen LogP contribution is -2.37. The van der Waals surface area contributed by atoms with Crippen molar-refractivity contribution >= 4 is 0 Å². The second-order valence-corrected chi connectivity index (χ2v) is 10.6. The summed E-state index contributed by atoms with van der Waals surface area (Å²) in [6, 6.07) is 0. The van der Waals surface area contributed by atoms with Gasteiger partial charge in [0, 0.05) is 6.42 Å². The van der Waals surface area contributed by atoms with Gasteiger partial charge in [0.25, 0.3) is 5.82 Å². The molecule has 0 amide bonds. The molecular weight excluding hydrogens is 400 g/mol. The highest BCUT2D eigenvalue weighted by atomic mass is 15.1. The summed E-state index contributed by atoms with van der Waals surface area (Å²) < 4.78 is 5.10. The molecule has 0 atom stereocenters. The van der Waals surface area contributed by atoms with Crippen LogP contribution >= 0.6 is 0 Å². The average molecular weight is 462 g/mol. The van der Waals surface area contributed by atoms with Crippen molar-refractivity contribution < 1.29 is 4.57 Å². The van der Waals surface area contributed by atoms with Gasteiger partial charge >= 0.3 is 0 Å². The fourth-order valence-corrected chi connectivity index (χ4v) is 5.15. The number of aromatic nitrogens is 2. The molecule has 0 radical (unpaired) electrons. The largest absolute Gasteiger partial charge is 0.256 e. The third-order valence-electron chi connectivity index (χ3n) is 7.31. The summed E-state index contributed by atoms with van der Waals surface area (Å²) in [4.78, 5) is 0. The van der Waals surface area contributed by atoms with Crippen molar-refractivity contribution in [1.29, 1.82) is 0 Å². The Morgan fingerprint density at radius 3 is 1.39 bits per heavy atom. The fraction of sp³-hybridized carbons (Fsp3) is 0.903. The third kappa shape index (κ3) is 16.5. The predicted molar refractivity (Wildman–Crippen MR) is 147 cm³/mol. The van der Waals surface area contributed by atoms with Gasteiger partial charge in [0.2, 0.25) is 0 Å². The number of rotatable bonds is 25. The van der Waals surface area contributed by atoms with Gasteiger partial charge in [-0.05, 0) is 25.7 Å². The van der Waals surface area contributed by atoms with Crippen molar-refractivity contribution in [2.45, 2.75) is 182 Å². The third-order valence-corrected chi connectivity index (χ3v) is 7.31. The number of hydrogen-bond donors (Lipinski definition) is 0. The van der Waals surface area contributed by atoms with Gasteiger partial charge in [0.15, 0.2) is 0 Å². The maximum atomic E-state index is 2.57. The Kier molecular flexibility index (Phi) is 21.1. The molecule has 0 spiro atoms. The zero-order chi connectivity index (χ0) is 23.8. The minimum Gasteiger partial charge on any atom is -0.234 e. The number of hydrogen-bond acceptors (Lipinski definition) is 0. The average Bonchev–Trinajstić information content (AvgIpc) is 3.20. The lowest BCUT2D eigenvalue weighted by Gasteiger charge is -2.06. The van der Waals surface area contributed by atoms with Crippen LogP contribution in [0, 0.1) is 0 Å². The van der Waals surface area contributed by atoms with E-state index in [1.807, 2.05) is 0 Å². The summed E-state index contributed by atoms with van der Waals surface area (Å²) in [6.45, 7) is 9.30. The number of unbranched alkanes of at least 4 members (excludes halogenated alkanes) is 19. The van der Waals surface area contributed by atoms with Crippen LogP contribution in [-0.2, 0) is 19.5 Å². The predicted octanol–water partition coefficient (Wildman–Crippen LogP) is 9.96. The molecular formula is C31H61N2+. The van der Waals surface area contributed by atoms with Gasteiger partial charge in [-0.25, -0.2) is 9.13 Å². The second kappa shape index (κ2) is 23.0. The first-order valence-electron chi connectivity index (χ1n) is 15.4. The van der Waals surface area contributed by atoms with Crippen LogP contribution in [-0.4, -0.2) is 4.57 Å². The molecule has 194 valence electrons. The van der Waals surface area contributed by atoms with E-state index in [1.165, 1.54) is 161 Å². The quantitative estimate of drug-likeness (QED) is 0.101. The normalized spacial score (nSPS) is 11.5. The molecule has 0 aliphatic rings. The van der Waals surface area contributed by atoms with Crippen LogP contribution in [0.3, 0.4) is 0 Å². The maximum absolute atomic E-state index is 2.57. The van der Waals surface area contributed by atoms with Crippen LogP contribution < -0.4 is 4.57 Å². The molecule has 1 aromatic heterocycles. The van der Waals surface area contributed by atoms with Gasteiger partial charge in [-0.1, -0.05) is 136 Å². The smallest absolute Gasteiger partial charge is 0.234 e. The van der Waals surface area contributed by atoms with Crippen molar-refractivity contribution in [3.8, 4) is 0 Å². The van der Waals surface area contributed by atoms with Crippen LogP contribution in [0.1, 0.15) is 168 Å². The van der Waals surface area contributed by atoms with E-state index < -0.39 is 0 Å². The van der Waals surface area contributed by atoms with Crippen molar-refractivity contribution in [3.05, 3.63) is 18.2 Å². The van der Waals surface area contributed by atoms with E-state index in [0.29, 0.717) is 0 Å². The van der Waals surface area contributed by atoms with E-state index >= 15 is 0 Å². The number of nitrogens with zero attached hydrogens (tertiary/aromatic N) is 2. The molecule has 33 heavy (non-hydrogen) atoms. The summed E-state index contributed by atoms with van der Waals surface area (Å²) >= 11 is 0. The van der Waals surface area contributed by atoms with E-state index in [2.05, 4.69) is 42.3 Å². The Morgan fingerprint density at radius 2 is 0.939 bits per heavy atom. The summed E-state index contributed by atoms with van der Waals surface area (Å²) in [5, 5.41) is 0. The van der Waals surface area contributed by atoms with Gasteiger partial charge in [0.1, 0.15) is 12.4 Å². The minimum atomic E-state index is 1.18. The molecule has 0 unspecified atom stereocenters. The molecule has 0 aliphatic carbocycles. The first-order valence-corrected chi connectivity index (χ1v) is 15.4. The Labute approximate surface area is 208 Å². The van der Waals surface area contributed by atoms with Crippen LogP contribution in [0.5, 0.6) is 0 Å². The molecule has 0 fully saturated rings. The first kappa shape index (κ1) is 30.2. The van der Waals surface area contributed by atoms with Gasteiger partial charge in [-0.3, -0.25) is 0 Å². The van der Waals surface area contributed by atoms with Crippen LogP contribution in [0.4, 0.5) is 0 Å². The highest BCUT2D eigenvalue weighted by Gasteiger charge is 2.15. The van der Waals surface area contributed by atoms with E-state index in [0.717, 1.165) is 0 Å². The van der Waals surface area contributed by atoms with Gasteiger partial charge < -0.3 is 0 Å². The van der Waals surface area contributed by atoms with Gasteiger partial charge in [0.05, 0.1) is 13.1 Å². The lowest BCUT2D eigenvalue weighted by atomic mass is 10.0.